The predicted octanol–water partition coefficient (Wildman–Crippen LogP) is 4.77. The predicted molar refractivity (Wildman–Crippen MR) is 117 cm³/mol. The van der Waals surface area contributed by atoms with Crippen LogP contribution in [0, 0.1) is 0 Å². The molecule has 4 rings (SSSR count). The number of urea groups is 1. The van der Waals surface area contributed by atoms with Crippen molar-refractivity contribution in [3.8, 4) is 0 Å². The molecule has 0 radical (unpaired) electrons. The molecule has 2 aromatic carbocycles. The zero-order valence-corrected chi connectivity index (χ0v) is 16.3. The smallest absolute Gasteiger partial charge is 0.323 e. The first kappa shape index (κ1) is 18.1. The van der Waals surface area contributed by atoms with Crippen LogP contribution in [-0.4, -0.2) is 18.5 Å². The van der Waals surface area contributed by atoms with Crippen LogP contribution < -0.4 is 21.3 Å². The normalized spacial score (nSPS) is 12.9. The number of carbonyl (C=O) groups is 1. The molecule has 0 fully saturated rings. The molecule has 0 saturated carbocycles. The van der Waals surface area contributed by atoms with E-state index in [9.17, 15) is 4.79 Å². The second kappa shape index (κ2) is 7.74. The first-order valence-electron chi connectivity index (χ1n) is 9.06. The van der Waals surface area contributed by atoms with Gasteiger partial charge in [0.2, 0.25) is 0 Å². The van der Waals surface area contributed by atoms with Crippen LogP contribution in [0.2, 0.25) is 0 Å². The molecular formula is C21H21N5OS. The van der Waals surface area contributed by atoms with Gasteiger partial charge in [-0.05, 0) is 59.8 Å². The van der Waals surface area contributed by atoms with E-state index in [-0.39, 0.29) is 6.03 Å². The highest BCUT2D eigenvalue weighted by Crippen LogP contribution is 2.36. The number of nitrogens with one attached hydrogen (secondary N) is 2. The molecule has 1 aliphatic rings. The summed E-state index contributed by atoms with van der Waals surface area (Å²) in [6, 6.07) is 17.2. The average Bonchev–Trinajstić information content (AvgIpc) is 3.20. The number of amides is 2. The van der Waals surface area contributed by atoms with Gasteiger partial charge in [-0.3, -0.25) is 0 Å². The highest BCUT2D eigenvalue weighted by atomic mass is 32.1. The molecule has 3 aromatic rings. The Labute approximate surface area is 167 Å². The molecule has 1 aliphatic heterocycles. The van der Waals surface area contributed by atoms with E-state index < -0.39 is 0 Å². The Morgan fingerprint density at radius 2 is 1.93 bits per heavy atom. The maximum atomic E-state index is 12.3. The monoisotopic (exact) mass is 391 g/mol. The Hall–Kier alpha value is -3.32. The number of benzene rings is 2. The summed E-state index contributed by atoms with van der Waals surface area (Å²) in [7, 11) is 0. The molecule has 7 heteroatoms. The van der Waals surface area contributed by atoms with E-state index in [4.69, 9.17) is 5.73 Å². The number of hydrogen-bond donors (Lipinski definition) is 3. The van der Waals surface area contributed by atoms with E-state index in [1.165, 1.54) is 5.56 Å². The minimum Gasteiger partial charge on any atom is -0.383 e. The van der Waals surface area contributed by atoms with Crippen molar-refractivity contribution in [2.45, 2.75) is 13.3 Å². The second-order valence-electron chi connectivity index (χ2n) is 6.43. The molecule has 0 bridgehead atoms. The number of hydrogen-bond acceptors (Lipinski definition) is 5. The third-order valence-corrected chi connectivity index (χ3v) is 5.51. The molecule has 2 amide bonds. The van der Waals surface area contributed by atoms with Crippen molar-refractivity contribution in [1.29, 1.82) is 0 Å². The van der Waals surface area contributed by atoms with Crippen molar-refractivity contribution < 1.29 is 4.79 Å². The van der Waals surface area contributed by atoms with Crippen molar-refractivity contribution in [2.75, 3.05) is 22.2 Å². The van der Waals surface area contributed by atoms with E-state index in [0.717, 1.165) is 34.0 Å². The number of fused-ring (bicyclic) bond motifs is 1. The van der Waals surface area contributed by atoms with E-state index in [1.54, 1.807) is 11.3 Å². The van der Waals surface area contributed by atoms with Gasteiger partial charge in [0.1, 0.15) is 17.5 Å². The van der Waals surface area contributed by atoms with E-state index in [2.05, 4.69) is 27.4 Å². The zero-order chi connectivity index (χ0) is 19.5. The number of nitrogens with zero attached hydrogens (tertiary/aromatic N) is 2. The maximum absolute atomic E-state index is 12.3. The molecule has 1 aromatic heterocycles. The fraction of sp³-hybridized carbons (Fsp3) is 0.143. The van der Waals surface area contributed by atoms with Gasteiger partial charge in [-0.15, -0.1) is 11.3 Å². The van der Waals surface area contributed by atoms with Crippen LogP contribution in [0.25, 0.3) is 0 Å². The van der Waals surface area contributed by atoms with E-state index in [1.807, 2.05) is 60.0 Å². The summed E-state index contributed by atoms with van der Waals surface area (Å²) in [6.45, 7) is 2.57. The number of anilines is 4. The van der Waals surface area contributed by atoms with Crippen molar-refractivity contribution in [2.24, 2.45) is 10.7 Å². The number of amidine groups is 1. The first-order valence-corrected chi connectivity index (χ1v) is 9.94. The first-order chi connectivity index (χ1) is 13.6. The number of aryl methyl sites for hydroxylation is 1. The lowest BCUT2D eigenvalue weighted by Gasteiger charge is -2.26. The third kappa shape index (κ3) is 3.70. The average molecular weight is 392 g/mol. The molecule has 0 atom stereocenters. The summed E-state index contributed by atoms with van der Waals surface area (Å²) in [6.07, 6.45) is 0.927. The van der Waals surface area contributed by atoms with Gasteiger partial charge in [0, 0.05) is 17.1 Å². The number of nitrogens with two attached hydrogens (primary N) is 1. The summed E-state index contributed by atoms with van der Waals surface area (Å²) in [5.74, 6) is 0.578. The number of aliphatic imine (C=N–C) groups is 1. The van der Waals surface area contributed by atoms with Gasteiger partial charge < -0.3 is 21.3 Å². The minimum atomic E-state index is -0.267. The lowest BCUT2D eigenvalue weighted by atomic mass is 10.1. The Morgan fingerprint density at radius 1 is 1.14 bits per heavy atom. The van der Waals surface area contributed by atoms with Gasteiger partial charge in [0.15, 0.2) is 0 Å². The molecule has 6 nitrogen and oxygen atoms in total. The van der Waals surface area contributed by atoms with E-state index >= 15 is 0 Å². The molecule has 28 heavy (non-hydrogen) atoms. The van der Waals surface area contributed by atoms with E-state index in [0.29, 0.717) is 12.5 Å². The number of carbonyl (C=O) groups excluding carboxylic acids is 1. The summed E-state index contributed by atoms with van der Waals surface area (Å²) in [5.41, 5.74) is 10.6. The summed E-state index contributed by atoms with van der Waals surface area (Å²) in [5, 5.41) is 8.83. The van der Waals surface area contributed by atoms with Gasteiger partial charge in [-0.2, -0.15) is 0 Å². The second-order valence-corrected chi connectivity index (χ2v) is 7.33. The Kier molecular flexibility index (Phi) is 4.99. The van der Waals surface area contributed by atoms with Crippen LogP contribution in [0.15, 0.2) is 65.0 Å². The van der Waals surface area contributed by atoms with Crippen molar-refractivity contribution in [3.63, 3.8) is 0 Å². The quantitative estimate of drug-likeness (QED) is 0.599. The Balaban J connectivity index is 1.43. The third-order valence-electron chi connectivity index (χ3n) is 4.58. The topological polar surface area (TPSA) is 82.8 Å². The van der Waals surface area contributed by atoms with Gasteiger partial charge in [0.25, 0.3) is 0 Å². The fourth-order valence-electron chi connectivity index (χ4n) is 3.09. The fourth-order valence-corrected chi connectivity index (χ4v) is 4.01. The highest BCUT2D eigenvalue weighted by Gasteiger charge is 2.21. The van der Waals surface area contributed by atoms with Gasteiger partial charge >= 0.3 is 6.03 Å². The molecule has 4 N–H and O–H groups in total. The molecule has 0 saturated heterocycles. The molecule has 142 valence electrons. The zero-order valence-electron chi connectivity index (χ0n) is 15.5. The summed E-state index contributed by atoms with van der Waals surface area (Å²) in [4.78, 5) is 18.8. The number of thiophene rings is 1. The van der Waals surface area contributed by atoms with Crippen LogP contribution in [-0.2, 0) is 6.42 Å². The lowest BCUT2D eigenvalue weighted by molar-refractivity contribution is 0.262. The maximum Gasteiger partial charge on any atom is 0.323 e. The SMILES string of the molecule is CCc1cccc(NC(=O)Nc2ccc(N3CN=C(N)c4ccsc43)cc2)c1. The van der Waals surface area contributed by atoms with Crippen molar-refractivity contribution in [1.82, 2.24) is 0 Å². The summed E-state index contributed by atoms with van der Waals surface area (Å²) >= 11 is 1.64. The largest absolute Gasteiger partial charge is 0.383 e. The summed E-state index contributed by atoms with van der Waals surface area (Å²) < 4.78 is 0. The lowest BCUT2D eigenvalue weighted by Crippen LogP contribution is -2.27. The Morgan fingerprint density at radius 3 is 2.71 bits per heavy atom. The van der Waals surface area contributed by atoms with Gasteiger partial charge in [-0.25, -0.2) is 9.79 Å². The standard InChI is InChI=1S/C21H21N5OS/c1-2-14-4-3-5-16(12-14)25-21(27)24-15-6-8-17(9-7-15)26-13-23-19(22)18-10-11-28-20(18)26/h3-12H,2,13H2,1H3,(H2,22,23)(H2,24,25,27). The molecule has 0 aliphatic carbocycles. The molecule has 0 unspecified atom stereocenters. The van der Waals surface area contributed by atoms with Crippen LogP contribution in [0.5, 0.6) is 0 Å². The van der Waals surface area contributed by atoms with Crippen LogP contribution in [0.4, 0.5) is 26.9 Å². The molecule has 0 spiro atoms. The Bertz CT molecular complexity index is 1030. The van der Waals surface area contributed by atoms with Crippen molar-refractivity contribution >= 4 is 45.3 Å². The van der Waals surface area contributed by atoms with Crippen LogP contribution in [0.3, 0.4) is 0 Å². The van der Waals surface area contributed by atoms with Gasteiger partial charge in [0.05, 0.1) is 5.56 Å². The van der Waals surface area contributed by atoms with Crippen LogP contribution in [0.1, 0.15) is 18.1 Å². The van der Waals surface area contributed by atoms with Crippen LogP contribution >= 0.6 is 11.3 Å². The van der Waals surface area contributed by atoms with Crippen molar-refractivity contribution in [3.05, 3.63) is 71.1 Å². The minimum absolute atomic E-state index is 0.267. The highest BCUT2D eigenvalue weighted by molar-refractivity contribution is 7.14. The van der Waals surface area contributed by atoms with Gasteiger partial charge in [-0.1, -0.05) is 19.1 Å². The molecule has 2 heterocycles. The number of rotatable bonds is 4. The molecular weight excluding hydrogens is 370 g/mol.